The number of carbonyl (C=O) groups excluding carboxylic acids is 1. The van der Waals surface area contributed by atoms with Gasteiger partial charge in [0.1, 0.15) is 17.1 Å². The highest BCUT2D eigenvalue weighted by Crippen LogP contribution is 2.42. The quantitative estimate of drug-likeness (QED) is 0.443. The molecule has 0 spiro atoms. The normalized spacial score (nSPS) is 11.1. The smallest absolute Gasteiger partial charge is 0.418 e. The lowest BCUT2D eigenvalue weighted by atomic mass is 10.1. The van der Waals surface area contributed by atoms with Crippen LogP contribution >= 0.6 is 15.9 Å². The lowest BCUT2D eigenvalue weighted by Crippen LogP contribution is -2.33. The standard InChI is InChI=1S/C21H14BrF3N2O4/c22-12-5-7-13(8-6-12)27(20(26)30)17-11-14(9-10-16(17)21(23,24)25)31-18-4-2-1-3-15(18)19(28)29/h1-11H,(H2,26,30)(H,28,29). The van der Waals surface area contributed by atoms with Crippen molar-refractivity contribution in [3.05, 3.63) is 82.3 Å². The van der Waals surface area contributed by atoms with E-state index in [2.05, 4.69) is 15.9 Å². The molecule has 0 aromatic heterocycles. The lowest BCUT2D eigenvalue weighted by molar-refractivity contribution is -0.137. The lowest BCUT2D eigenvalue weighted by Gasteiger charge is -2.25. The summed E-state index contributed by atoms with van der Waals surface area (Å²) in [4.78, 5) is 24.2. The number of benzene rings is 3. The van der Waals surface area contributed by atoms with E-state index in [-0.39, 0.29) is 22.7 Å². The fraction of sp³-hybridized carbons (Fsp3) is 0.0476. The second-order valence-electron chi connectivity index (χ2n) is 6.23. The predicted octanol–water partition coefficient (Wildman–Crippen LogP) is 6.18. The third-order valence-electron chi connectivity index (χ3n) is 4.17. The monoisotopic (exact) mass is 494 g/mol. The van der Waals surface area contributed by atoms with E-state index < -0.39 is 29.4 Å². The number of amides is 2. The molecule has 160 valence electrons. The van der Waals surface area contributed by atoms with Gasteiger partial charge < -0.3 is 15.6 Å². The van der Waals surface area contributed by atoms with E-state index in [1.807, 2.05) is 0 Å². The van der Waals surface area contributed by atoms with Crippen molar-refractivity contribution in [1.82, 2.24) is 0 Å². The maximum Gasteiger partial charge on any atom is 0.418 e. The molecule has 3 aromatic carbocycles. The summed E-state index contributed by atoms with van der Waals surface area (Å²) in [5, 5.41) is 9.28. The number of primary amides is 1. The molecule has 31 heavy (non-hydrogen) atoms. The predicted molar refractivity (Wildman–Crippen MR) is 111 cm³/mol. The van der Waals surface area contributed by atoms with E-state index in [1.165, 1.54) is 36.4 Å². The molecule has 2 amide bonds. The number of anilines is 2. The summed E-state index contributed by atoms with van der Waals surface area (Å²) in [5.41, 5.74) is 3.65. The average Bonchev–Trinajstić information content (AvgIpc) is 2.69. The fourth-order valence-electron chi connectivity index (χ4n) is 2.83. The summed E-state index contributed by atoms with van der Waals surface area (Å²) >= 11 is 3.22. The molecule has 3 rings (SSSR count). The molecule has 0 heterocycles. The number of hydrogen-bond donors (Lipinski definition) is 2. The second kappa shape index (κ2) is 8.68. The van der Waals surface area contributed by atoms with E-state index >= 15 is 0 Å². The molecule has 3 N–H and O–H groups in total. The number of para-hydroxylation sites is 1. The van der Waals surface area contributed by atoms with Crippen molar-refractivity contribution in [1.29, 1.82) is 0 Å². The van der Waals surface area contributed by atoms with Crippen LogP contribution in [0.2, 0.25) is 0 Å². The Kier molecular flexibility index (Phi) is 6.21. The Morgan fingerprint density at radius 1 is 1.00 bits per heavy atom. The van der Waals surface area contributed by atoms with Crippen molar-refractivity contribution < 1.29 is 32.6 Å². The Bertz CT molecular complexity index is 1130. The highest BCUT2D eigenvalue weighted by Gasteiger charge is 2.36. The first-order chi connectivity index (χ1) is 14.6. The summed E-state index contributed by atoms with van der Waals surface area (Å²) in [7, 11) is 0. The number of aromatic carboxylic acids is 1. The highest BCUT2D eigenvalue weighted by molar-refractivity contribution is 9.10. The Morgan fingerprint density at radius 2 is 1.65 bits per heavy atom. The number of carboxylic acid groups (broad SMARTS) is 1. The first-order valence-corrected chi connectivity index (χ1v) is 9.44. The van der Waals surface area contributed by atoms with Crippen LogP contribution in [0.4, 0.5) is 29.3 Å². The zero-order valence-electron chi connectivity index (χ0n) is 15.6. The van der Waals surface area contributed by atoms with Gasteiger partial charge in [0.2, 0.25) is 0 Å². The van der Waals surface area contributed by atoms with Gasteiger partial charge in [0, 0.05) is 10.5 Å². The van der Waals surface area contributed by atoms with Crippen molar-refractivity contribution in [2.45, 2.75) is 6.18 Å². The number of carboxylic acids is 1. The molecular weight excluding hydrogens is 481 g/mol. The zero-order chi connectivity index (χ0) is 22.8. The van der Waals surface area contributed by atoms with Crippen LogP contribution in [0.3, 0.4) is 0 Å². The zero-order valence-corrected chi connectivity index (χ0v) is 17.1. The Balaban J connectivity index is 2.14. The Morgan fingerprint density at radius 3 is 2.23 bits per heavy atom. The van der Waals surface area contributed by atoms with Crippen LogP contribution in [-0.4, -0.2) is 17.1 Å². The van der Waals surface area contributed by atoms with Crippen molar-refractivity contribution in [2.24, 2.45) is 5.73 Å². The topological polar surface area (TPSA) is 92.9 Å². The Hall–Kier alpha value is -3.53. The summed E-state index contributed by atoms with van der Waals surface area (Å²) in [6, 6.07) is 13.2. The Labute approximate surface area is 182 Å². The minimum absolute atomic E-state index is 0.0741. The average molecular weight is 495 g/mol. The molecule has 3 aromatic rings. The van der Waals surface area contributed by atoms with E-state index in [1.54, 1.807) is 12.1 Å². The van der Waals surface area contributed by atoms with Gasteiger partial charge in [0.15, 0.2) is 0 Å². The van der Waals surface area contributed by atoms with Gasteiger partial charge in [0.05, 0.1) is 16.9 Å². The SMILES string of the molecule is NC(=O)N(c1ccc(Br)cc1)c1cc(Oc2ccccc2C(=O)O)ccc1C(F)(F)F. The van der Waals surface area contributed by atoms with E-state index in [9.17, 15) is 27.9 Å². The van der Waals surface area contributed by atoms with Crippen LogP contribution in [0.25, 0.3) is 0 Å². The van der Waals surface area contributed by atoms with Crippen molar-refractivity contribution in [2.75, 3.05) is 4.90 Å². The van der Waals surface area contributed by atoms with Gasteiger partial charge >= 0.3 is 18.2 Å². The van der Waals surface area contributed by atoms with Crippen LogP contribution in [0.15, 0.2) is 71.2 Å². The molecular formula is C21H14BrF3N2O4. The number of rotatable bonds is 5. The van der Waals surface area contributed by atoms with Crippen LogP contribution in [0, 0.1) is 0 Å². The third kappa shape index (κ3) is 4.97. The first-order valence-electron chi connectivity index (χ1n) is 8.64. The number of alkyl halides is 3. The molecule has 0 bridgehead atoms. The molecule has 6 nitrogen and oxygen atoms in total. The number of carbonyl (C=O) groups is 2. The van der Waals surface area contributed by atoms with Gasteiger partial charge in [-0.2, -0.15) is 13.2 Å². The van der Waals surface area contributed by atoms with Crippen LogP contribution < -0.4 is 15.4 Å². The van der Waals surface area contributed by atoms with Gasteiger partial charge in [-0.15, -0.1) is 0 Å². The number of nitrogens with two attached hydrogens (primary N) is 1. The molecule has 10 heteroatoms. The third-order valence-corrected chi connectivity index (χ3v) is 4.69. The minimum atomic E-state index is -4.80. The van der Waals surface area contributed by atoms with Crippen molar-refractivity contribution >= 4 is 39.3 Å². The molecule has 0 saturated heterocycles. The fourth-order valence-corrected chi connectivity index (χ4v) is 3.10. The van der Waals surface area contributed by atoms with Gasteiger partial charge in [-0.05, 0) is 48.5 Å². The van der Waals surface area contributed by atoms with Gasteiger partial charge in [-0.1, -0.05) is 28.1 Å². The molecule has 0 aliphatic carbocycles. The minimum Gasteiger partial charge on any atom is -0.478 e. The van der Waals surface area contributed by atoms with Crippen LogP contribution in [-0.2, 0) is 6.18 Å². The highest BCUT2D eigenvalue weighted by atomic mass is 79.9. The summed E-state index contributed by atoms with van der Waals surface area (Å²) < 4.78 is 47.2. The number of urea groups is 1. The first kappa shape index (κ1) is 22.2. The molecule has 0 aliphatic rings. The van der Waals surface area contributed by atoms with Crippen LogP contribution in [0.5, 0.6) is 11.5 Å². The number of nitrogens with zero attached hydrogens (tertiary/aromatic N) is 1. The largest absolute Gasteiger partial charge is 0.478 e. The molecule has 0 aliphatic heterocycles. The van der Waals surface area contributed by atoms with Crippen molar-refractivity contribution in [3.8, 4) is 11.5 Å². The van der Waals surface area contributed by atoms with Crippen molar-refractivity contribution in [3.63, 3.8) is 0 Å². The molecule has 0 unspecified atom stereocenters. The molecule has 0 radical (unpaired) electrons. The van der Waals surface area contributed by atoms with E-state index in [0.717, 1.165) is 18.2 Å². The number of hydrogen-bond acceptors (Lipinski definition) is 3. The van der Waals surface area contributed by atoms with E-state index in [0.29, 0.717) is 9.37 Å². The summed E-state index contributed by atoms with van der Waals surface area (Å²) in [6.45, 7) is 0. The molecule has 0 fully saturated rings. The van der Waals surface area contributed by atoms with Crippen LogP contribution in [0.1, 0.15) is 15.9 Å². The van der Waals surface area contributed by atoms with Gasteiger partial charge in [-0.25, -0.2) is 9.59 Å². The van der Waals surface area contributed by atoms with Gasteiger partial charge in [0.25, 0.3) is 0 Å². The summed E-state index contributed by atoms with van der Waals surface area (Å²) in [5.74, 6) is -1.45. The van der Waals surface area contributed by atoms with E-state index in [4.69, 9.17) is 10.5 Å². The maximum absolute atomic E-state index is 13.7. The maximum atomic E-state index is 13.7. The second-order valence-corrected chi connectivity index (χ2v) is 7.15. The molecule has 0 atom stereocenters. The molecule has 0 saturated carbocycles. The summed E-state index contributed by atoms with van der Waals surface area (Å²) in [6.07, 6.45) is -4.80. The number of ether oxygens (including phenoxy) is 1. The number of halogens is 4. The van der Waals surface area contributed by atoms with Gasteiger partial charge in [-0.3, -0.25) is 4.90 Å².